The third-order valence-corrected chi connectivity index (χ3v) is 5.43. The van der Waals surface area contributed by atoms with E-state index in [1.807, 2.05) is 42.2 Å². The Kier molecular flexibility index (Phi) is 5.04. The lowest BCUT2D eigenvalue weighted by Gasteiger charge is -2.28. The molecule has 8 heteroatoms. The van der Waals surface area contributed by atoms with Gasteiger partial charge in [-0.3, -0.25) is 4.98 Å². The Morgan fingerprint density at radius 2 is 1.93 bits per heavy atom. The molecule has 1 aliphatic heterocycles. The molecule has 2 atom stereocenters. The highest BCUT2D eigenvalue weighted by molar-refractivity contribution is 7.80. The van der Waals surface area contributed by atoms with E-state index in [1.54, 1.807) is 23.0 Å². The summed E-state index contributed by atoms with van der Waals surface area (Å²) < 4.78 is 41.4. The maximum absolute atomic E-state index is 13.2. The fraction of sp³-hybridized carbons (Fsp3) is 0.238. The van der Waals surface area contributed by atoms with Gasteiger partial charge in [0.1, 0.15) is 0 Å². The minimum absolute atomic E-state index is 0.202. The summed E-state index contributed by atoms with van der Waals surface area (Å²) in [6, 6.07) is 14.3. The Morgan fingerprint density at radius 3 is 2.62 bits per heavy atom. The summed E-state index contributed by atoms with van der Waals surface area (Å²) in [6.07, 6.45) is -0.904. The third kappa shape index (κ3) is 3.60. The van der Waals surface area contributed by atoms with E-state index >= 15 is 0 Å². The molecule has 3 heterocycles. The lowest BCUT2D eigenvalue weighted by Crippen LogP contribution is -2.30. The van der Waals surface area contributed by atoms with Gasteiger partial charge in [-0.2, -0.15) is 13.2 Å². The highest BCUT2D eigenvalue weighted by Crippen LogP contribution is 2.39. The molecule has 1 N–H and O–H groups in total. The zero-order valence-electron chi connectivity index (χ0n) is 15.6. The largest absolute Gasteiger partial charge is 0.416 e. The van der Waals surface area contributed by atoms with Crippen molar-refractivity contribution in [3.8, 4) is 5.69 Å². The molecule has 0 radical (unpaired) electrons. The Labute approximate surface area is 172 Å². The van der Waals surface area contributed by atoms with E-state index in [-0.39, 0.29) is 12.1 Å². The van der Waals surface area contributed by atoms with Crippen molar-refractivity contribution < 1.29 is 13.2 Å². The molecule has 1 fully saturated rings. The summed E-state index contributed by atoms with van der Waals surface area (Å²) in [5, 5.41) is 3.93. The number of aromatic nitrogens is 2. The van der Waals surface area contributed by atoms with Gasteiger partial charge in [0, 0.05) is 30.3 Å². The molecule has 0 bridgehead atoms. The minimum Gasteiger partial charge on any atom is -0.352 e. The number of benzene rings is 1. The van der Waals surface area contributed by atoms with Crippen LogP contribution in [0.4, 0.5) is 13.2 Å². The fourth-order valence-electron chi connectivity index (χ4n) is 3.77. The van der Waals surface area contributed by atoms with Gasteiger partial charge >= 0.3 is 6.18 Å². The van der Waals surface area contributed by atoms with Crippen LogP contribution in [0, 0.1) is 0 Å². The number of alkyl halides is 3. The normalized spacial score (nSPS) is 19.4. The van der Waals surface area contributed by atoms with Crippen molar-refractivity contribution in [3.63, 3.8) is 0 Å². The van der Waals surface area contributed by atoms with E-state index in [2.05, 4.69) is 10.3 Å². The number of nitrogens with zero attached hydrogens (tertiary/aromatic N) is 3. The van der Waals surface area contributed by atoms with E-state index in [1.165, 1.54) is 6.07 Å². The van der Waals surface area contributed by atoms with Gasteiger partial charge in [-0.15, -0.1) is 0 Å². The van der Waals surface area contributed by atoms with Gasteiger partial charge in [-0.25, -0.2) is 0 Å². The number of hydrogen-bond acceptors (Lipinski definition) is 2. The lowest BCUT2D eigenvalue weighted by atomic mass is 10.0. The molecule has 1 saturated heterocycles. The minimum atomic E-state index is -4.40. The number of likely N-dealkylation sites (N-methyl/N-ethyl adjacent to an activating group) is 1. The number of thiocarbonyl (C=S) groups is 1. The maximum Gasteiger partial charge on any atom is 0.416 e. The standard InChI is InChI=1S/C21H19F3N4S/c1-2-27-19(18(26-20(27)29)16-9-3-4-11-25-16)17-10-6-12-28(17)15-8-5-7-14(13-15)21(22,23)24/h3-13,18-19H,2H2,1H3,(H,26,29)/t18-,19-/m0/s1. The molecular formula is C21H19F3N4S. The molecule has 4 nitrogen and oxygen atoms in total. The first-order valence-corrected chi connectivity index (χ1v) is 9.64. The number of pyridine rings is 1. The van der Waals surface area contributed by atoms with Crippen LogP contribution in [-0.4, -0.2) is 26.1 Å². The number of hydrogen-bond donors (Lipinski definition) is 1. The predicted molar refractivity (Wildman–Crippen MR) is 109 cm³/mol. The zero-order valence-corrected chi connectivity index (χ0v) is 16.4. The summed E-state index contributed by atoms with van der Waals surface area (Å²) >= 11 is 5.53. The van der Waals surface area contributed by atoms with Gasteiger partial charge in [0.25, 0.3) is 0 Å². The van der Waals surface area contributed by atoms with E-state index in [0.29, 0.717) is 17.3 Å². The molecule has 0 unspecified atom stereocenters. The van der Waals surface area contributed by atoms with Gasteiger partial charge < -0.3 is 14.8 Å². The molecule has 1 aliphatic rings. The van der Waals surface area contributed by atoms with Crippen molar-refractivity contribution in [2.24, 2.45) is 0 Å². The Hall–Kier alpha value is -2.87. The van der Waals surface area contributed by atoms with E-state index in [0.717, 1.165) is 23.5 Å². The van der Waals surface area contributed by atoms with Crippen molar-refractivity contribution >= 4 is 17.3 Å². The highest BCUT2D eigenvalue weighted by Gasteiger charge is 2.40. The van der Waals surface area contributed by atoms with Crippen LogP contribution in [0.1, 0.15) is 36.0 Å². The van der Waals surface area contributed by atoms with Crippen LogP contribution < -0.4 is 5.32 Å². The van der Waals surface area contributed by atoms with Gasteiger partial charge in [-0.1, -0.05) is 12.1 Å². The second-order valence-electron chi connectivity index (χ2n) is 6.76. The number of rotatable bonds is 4. The molecule has 1 aromatic carbocycles. The molecule has 150 valence electrons. The first kappa shape index (κ1) is 19.4. The Bertz CT molecular complexity index is 1020. The highest BCUT2D eigenvalue weighted by atomic mass is 32.1. The van der Waals surface area contributed by atoms with E-state index < -0.39 is 11.7 Å². The van der Waals surface area contributed by atoms with E-state index in [4.69, 9.17) is 12.2 Å². The van der Waals surface area contributed by atoms with Gasteiger partial charge in [0.05, 0.1) is 23.3 Å². The average Bonchev–Trinajstić information content (AvgIpc) is 3.32. The van der Waals surface area contributed by atoms with Crippen molar-refractivity contribution in [1.29, 1.82) is 0 Å². The second-order valence-corrected chi connectivity index (χ2v) is 7.15. The van der Waals surface area contributed by atoms with Crippen molar-refractivity contribution in [1.82, 2.24) is 19.8 Å². The van der Waals surface area contributed by atoms with Crippen LogP contribution in [0.25, 0.3) is 5.69 Å². The molecule has 0 amide bonds. The molecule has 4 rings (SSSR count). The summed E-state index contributed by atoms with van der Waals surface area (Å²) in [7, 11) is 0. The topological polar surface area (TPSA) is 33.1 Å². The summed E-state index contributed by atoms with van der Waals surface area (Å²) in [5.74, 6) is 0. The summed E-state index contributed by atoms with van der Waals surface area (Å²) in [6.45, 7) is 2.66. The number of nitrogens with one attached hydrogen (secondary N) is 1. The molecule has 29 heavy (non-hydrogen) atoms. The quantitative estimate of drug-likeness (QED) is 0.615. The SMILES string of the molecule is CCN1C(=S)N[C@@H](c2ccccn2)[C@@H]1c1cccn1-c1cccc(C(F)(F)F)c1. The van der Waals surface area contributed by atoms with Gasteiger partial charge in [0.15, 0.2) is 5.11 Å². The first-order valence-electron chi connectivity index (χ1n) is 9.23. The molecule has 0 saturated carbocycles. The third-order valence-electron chi connectivity index (χ3n) is 5.07. The first-order chi connectivity index (χ1) is 13.9. The Balaban J connectivity index is 1.80. The van der Waals surface area contributed by atoms with Crippen LogP contribution >= 0.6 is 12.2 Å². The zero-order chi connectivity index (χ0) is 20.6. The average molecular weight is 416 g/mol. The van der Waals surface area contributed by atoms with Crippen LogP contribution in [0.5, 0.6) is 0 Å². The monoisotopic (exact) mass is 416 g/mol. The van der Waals surface area contributed by atoms with Crippen LogP contribution in [-0.2, 0) is 6.18 Å². The van der Waals surface area contributed by atoms with Gasteiger partial charge in [-0.05, 0) is 61.6 Å². The fourth-order valence-corrected chi connectivity index (χ4v) is 4.14. The van der Waals surface area contributed by atoms with E-state index in [9.17, 15) is 13.2 Å². The molecule has 2 aromatic heterocycles. The molecular weight excluding hydrogens is 397 g/mol. The lowest BCUT2D eigenvalue weighted by molar-refractivity contribution is -0.137. The summed E-state index contributed by atoms with van der Waals surface area (Å²) in [4.78, 5) is 6.50. The van der Waals surface area contributed by atoms with Crippen LogP contribution in [0.3, 0.4) is 0 Å². The van der Waals surface area contributed by atoms with Crippen molar-refractivity contribution in [3.05, 3.63) is 83.9 Å². The van der Waals surface area contributed by atoms with Crippen molar-refractivity contribution in [2.75, 3.05) is 6.54 Å². The molecule has 3 aromatic rings. The molecule has 0 spiro atoms. The predicted octanol–water partition coefficient (Wildman–Crippen LogP) is 4.88. The number of halogens is 3. The van der Waals surface area contributed by atoms with Gasteiger partial charge in [0.2, 0.25) is 0 Å². The summed E-state index contributed by atoms with van der Waals surface area (Å²) in [5.41, 5.74) is 1.44. The van der Waals surface area contributed by atoms with Crippen molar-refractivity contribution in [2.45, 2.75) is 25.2 Å². The van der Waals surface area contributed by atoms with Crippen LogP contribution in [0.15, 0.2) is 67.0 Å². The maximum atomic E-state index is 13.2. The van der Waals surface area contributed by atoms with Crippen LogP contribution in [0.2, 0.25) is 0 Å². The molecule has 0 aliphatic carbocycles. The Morgan fingerprint density at radius 1 is 1.10 bits per heavy atom. The smallest absolute Gasteiger partial charge is 0.352 e. The second kappa shape index (κ2) is 7.51.